The second kappa shape index (κ2) is 7.05. The van der Waals surface area contributed by atoms with Crippen LogP contribution >= 0.6 is 24.0 Å². The van der Waals surface area contributed by atoms with Gasteiger partial charge in [-0.05, 0) is 31.6 Å². The van der Waals surface area contributed by atoms with E-state index >= 15 is 0 Å². The molecule has 0 spiro atoms. The lowest BCUT2D eigenvalue weighted by Gasteiger charge is -2.03. The van der Waals surface area contributed by atoms with Crippen LogP contribution in [0.5, 0.6) is 0 Å². The maximum atomic E-state index is 10.1. The Bertz CT molecular complexity index is 225. The van der Waals surface area contributed by atoms with Crippen molar-refractivity contribution in [2.75, 3.05) is 18.8 Å². The van der Waals surface area contributed by atoms with Gasteiger partial charge in [0.05, 0.1) is 6.04 Å². The molecule has 2 aliphatic heterocycles. The lowest BCUT2D eigenvalue weighted by atomic mass is 10.2. The molecule has 0 aromatic heterocycles. The van der Waals surface area contributed by atoms with Gasteiger partial charge in [-0.15, -0.1) is 11.8 Å². The van der Waals surface area contributed by atoms with Gasteiger partial charge in [-0.25, -0.2) is 4.79 Å². The summed E-state index contributed by atoms with van der Waals surface area (Å²) in [4.78, 5) is 10.1. The Morgan fingerprint density at radius 1 is 1.31 bits per heavy atom. The quantitative estimate of drug-likeness (QED) is 0.536. The normalized spacial score (nSPS) is 28.2. The molecule has 0 aromatic rings. The average molecular weight is 264 g/mol. The Morgan fingerprint density at radius 3 is 2.31 bits per heavy atom. The van der Waals surface area contributed by atoms with E-state index in [0.717, 1.165) is 31.7 Å². The van der Waals surface area contributed by atoms with Crippen LogP contribution in [0.15, 0.2) is 0 Å². The van der Waals surface area contributed by atoms with Crippen LogP contribution in [0.2, 0.25) is 0 Å². The zero-order chi connectivity index (χ0) is 12.0. The van der Waals surface area contributed by atoms with Crippen LogP contribution in [0, 0.1) is 0 Å². The van der Waals surface area contributed by atoms with Gasteiger partial charge < -0.3 is 15.5 Å². The largest absolute Gasteiger partial charge is 0.501 e. The average Bonchev–Trinajstić information content (AvgIpc) is 2.93. The van der Waals surface area contributed by atoms with Crippen molar-refractivity contribution in [3.05, 3.63) is 0 Å². The summed E-state index contributed by atoms with van der Waals surface area (Å²) < 4.78 is 0. The molecule has 0 saturated carbocycles. The zero-order valence-corrected chi connectivity index (χ0v) is 10.4. The molecule has 2 saturated heterocycles. The first-order valence-corrected chi connectivity index (χ1v) is 6.61. The number of carbonyl (C=O) groups is 1. The fourth-order valence-corrected chi connectivity index (χ4v) is 2.53. The van der Waals surface area contributed by atoms with Crippen molar-refractivity contribution in [3.8, 4) is 0 Å². The van der Waals surface area contributed by atoms with Gasteiger partial charge in [0.25, 0.3) is 0 Å². The summed E-state index contributed by atoms with van der Waals surface area (Å²) in [5.41, 5.74) is 0. The highest BCUT2D eigenvalue weighted by atomic mass is 32.2. The van der Waals surface area contributed by atoms with Crippen LogP contribution in [-0.2, 0) is 4.79 Å². The van der Waals surface area contributed by atoms with Crippen molar-refractivity contribution in [1.82, 2.24) is 10.6 Å². The summed E-state index contributed by atoms with van der Waals surface area (Å²) in [5.74, 6) is 0.157. The zero-order valence-electron chi connectivity index (χ0n) is 8.81. The van der Waals surface area contributed by atoms with Crippen molar-refractivity contribution in [3.63, 3.8) is 0 Å². The molecule has 92 valence electrons. The van der Waals surface area contributed by atoms with E-state index in [1.54, 1.807) is 0 Å². The SMILES string of the molecule is O=C(O)C1NCCS1.OC(=S)[C@@H]1CCCN1. The highest BCUT2D eigenvalue weighted by Crippen LogP contribution is 2.12. The molecule has 5 nitrogen and oxygen atoms in total. The summed E-state index contributed by atoms with van der Waals surface area (Å²) in [6.07, 6.45) is 2.13. The number of carboxylic acid groups (broad SMARTS) is 1. The van der Waals surface area contributed by atoms with E-state index in [-0.39, 0.29) is 16.5 Å². The predicted molar refractivity (Wildman–Crippen MR) is 68.1 cm³/mol. The Balaban J connectivity index is 0.000000160. The first-order chi connectivity index (χ1) is 7.61. The van der Waals surface area contributed by atoms with Crippen LogP contribution in [0.25, 0.3) is 0 Å². The van der Waals surface area contributed by atoms with E-state index < -0.39 is 5.97 Å². The number of nitrogens with one attached hydrogen (secondary N) is 2. The van der Waals surface area contributed by atoms with E-state index in [9.17, 15) is 4.79 Å². The van der Waals surface area contributed by atoms with Crippen LogP contribution in [0.4, 0.5) is 0 Å². The van der Waals surface area contributed by atoms with Crippen LogP contribution in [-0.4, -0.2) is 51.5 Å². The fraction of sp³-hybridized carbons (Fsp3) is 0.778. The molecule has 1 unspecified atom stereocenters. The molecule has 2 fully saturated rings. The van der Waals surface area contributed by atoms with Gasteiger partial charge >= 0.3 is 5.97 Å². The van der Waals surface area contributed by atoms with Crippen molar-refractivity contribution in [2.45, 2.75) is 24.3 Å². The van der Waals surface area contributed by atoms with E-state index in [0.29, 0.717) is 0 Å². The van der Waals surface area contributed by atoms with Gasteiger partial charge in [0.2, 0.25) is 0 Å². The van der Waals surface area contributed by atoms with Crippen molar-refractivity contribution in [2.24, 2.45) is 0 Å². The highest BCUT2D eigenvalue weighted by Gasteiger charge is 2.20. The monoisotopic (exact) mass is 264 g/mol. The molecule has 0 aliphatic carbocycles. The summed E-state index contributed by atoms with van der Waals surface area (Å²) >= 11 is 5.99. The first kappa shape index (κ1) is 13.7. The maximum absolute atomic E-state index is 10.1. The van der Waals surface area contributed by atoms with E-state index in [4.69, 9.17) is 10.2 Å². The number of hydrogen-bond donors (Lipinski definition) is 4. The van der Waals surface area contributed by atoms with Crippen molar-refractivity contribution < 1.29 is 15.0 Å². The first-order valence-electron chi connectivity index (χ1n) is 5.15. The summed E-state index contributed by atoms with van der Waals surface area (Å²) in [6.45, 7) is 1.81. The Kier molecular flexibility index (Phi) is 6.04. The summed E-state index contributed by atoms with van der Waals surface area (Å²) in [7, 11) is 0. The molecule has 0 bridgehead atoms. The lowest BCUT2D eigenvalue weighted by molar-refractivity contribution is -0.136. The summed E-state index contributed by atoms with van der Waals surface area (Å²) in [6, 6.07) is 0.102. The highest BCUT2D eigenvalue weighted by molar-refractivity contribution is 8.00. The van der Waals surface area contributed by atoms with Crippen LogP contribution < -0.4 is 10.6 Å². The van der Waals surface area contributed by atoms with E-state index in [1.165, 1.54) is 11.8 Å². The number of thioether (sulfide) groups is 1. The molecule has 2 aliphatic rings. The van der Waals surface area contributed by atoms with Gasteiger partial charge in [-0.2, -0.15) is 0 Å². The molecule has 16 heavy (non-hydrogen) atoms. The van der Waals surface area contributed by atoms with Gasteiger partial charge in [0.15, 0.2) is 10.4 Å². The minimum atomic E-state index is -0.757. The molecular formula is C9H16N2O3S2. The van der Waals surface area contributed by atoms with Crippen LogP contribution in [0.1, 0.15) is 12.8 Å². The van der Waals surface area contributed by atoms with Crippen molar-refractivity contribution in [1.29, 1.82) is 0 Å². The third-order valence-corrected chi connectivity index (χ3v) is 3.72. The predicted octanol–water partition coefficient (Wildman–Crippen LogP) is 0.357. The Hall–Kier alpha value is -0.370. The van der Waals surface area contributed by atoms with Gasteiger partial charge in [-0.1, -0.05) is 0 Å². The minimum Gasteiger partial charge on any atom is -0.501 e. The lowest BCUT2D eigenvalue weighted by Crippen LogP contribution is -2.28. The fourth-order valence-electron chi connectivity index (χ4n) is 1.48. The Labute approximate surface area is 104 Å². The second-order valence-corrected chi connectivity index (χ2v) is 5.16. The molecule has 4 N–H and O–H groups in total. The number of hydrogen-bond acceptors (Lipinski definition) is 5. The number of aliphatic carboxylic acids is 1. The number of rotatable bonds is 2. The smallest absolute Gasteiger partial charge is 0.331 e. The molecule has 2 heterocycles. The molecular weight excluding hydrogens is 248 g/mol. The van der Waals surface area contributed by atoms with Gasteiger partial charge in [-0.3, -0.25) is 5.32 Å². The topological polar surface area (TPSA) is 81.6 Å². The van der Waals surface area contributed by atoms with Crippen LogP contribution in [0.3, 0.4) is 0 Å². The third kappa shape index (κ3) is 4.65. The van der Waals surface area contributed by atoms with E-state index in [2.05, 4.69) is 22.9 Å². The molecule has 0 aromatic carbocycles. The van der Waals surface area contributed by atoms with E-state index in [1.807, 2.05) is 0 Å². The number of thiocarbonyl (C=S) groups is 1. The molecule has 2 atom stereocenters. The van der Waals surface area contributed by atoms with Gasteiger partial charge in [0.1, 0.15) is 0 Å². The second-order valence-electron chi connectivity index (χ2n) is 3.53. The number of aliphatic hydroxyl groups excluding tert-OH is 1. The van der Waals surface area contributed by atoms with Gasteiger partial charge in [0, 0.05) is 12.3 Å². The third-order valence-electron chi connectivity index (χ3n) is 2.30. The minimum absolute atomic E-state index is 0.102. The molecule has 0 amide bonds. The molecule has 2 rings (SSSR count). The molecule has 0 radical (unpaired) electrons. The van der Waals surface area contributed by atoms with Crippen molar-refractivity contribution >= 4 is 35.0 Å². The number of carboxylic acids is 1. The molecule has 7 heteroatoms. The standard InChI is InChI=1S/C5H9NOS.C4H7NO2S/c7-5(8)4-2-1-3-6-4;6-4(7)3-5-1-2-8-3/h4,6H,1-3H2,(H,7,8);3,5H,1-2H2,(H,6,7)/t4-;/m0./s1. The maximum Gasteiger partial charge on any atom is 0.331 e. The summed E-state index contributed by atoms with van der Waals surface area (Å²) in [5, 5.41) is 22.7. The Morgan fingerprint density at radius 2 is 2.06 bits per heavy atom. The number of aliphatic hydroxyl groups is 1.